The fourth-order valence-electron chi connectivity index (χ4n) is 2.25. The molecule has 0 radical (unpaired) electrons. The predicted octanol–water partition coefficient (Wildman–Crippen LogP) is 4.18. The van der Waals surface area contributed by atoms with E-state index in [2.05, 4.69) is 9.97 Å². The van der Waals surface area contributed by atoms with Gasteiger partial charge in [-0.1, -0.05) is 12.1 Å². The molecule has 0 spiro atoms. The molecular weight excluding hydrogens is 303 g/mol. The summed E-state index contributed by atoms with van der Waals surface area (Å²) in [5.41, 5.74) is 0.323. The molecule has 2 heterocycles. The summed E-state index contributed by atoms with van der Waals surface area (Å²) >= 11 is 5.84. The van der Waals surface area contributed by atoms with Crippen molar-refractivity contribution in [3.8, 4) is 5.69 Å². The Morgan fingerprint density at radius 2 is 1.90 bits per heavy atom. The van der Waals surface area contributed by atoms with E-state index in [4.69, 9.17) is 11.6 Å². The number of fused-ring (bicyclic) bond motifs is 1. The van der Waals surface area contributed by atoms with Crippen LogP contribution in [0.5, 0.6) is 0 Å². The fraction of sp³-hybridized carbons (Fsp3) is 0.143. The molecule has 0 saturated carbocycles. The predicted molar refractivity (Wildman–Crippen MR) is 73.4 cm³/mol. The van der Waals surface area contributed by atoms with Crippen molar-refractivity contribution in [1.82, 2.24) is 14.5 Å². The van der Waals surface area contributed by atoms with Gasteiger partial charge in [-0.15, -0.1) is 11.6 Å². The molecule has 0 aliphatic carbocycles. The van der Waals surface area contributed by atoms with Crippen molar-refractivity contribution in [2.75, 3.05) is 0 Å². The van der Waals surface area contributed by atoms with Crippen LogP contribution < -0.4 is 0 Å². The number of alkyl halides is 4. The maximum atomic E-state index is 13.2. The van der Waals surface area contributed by atoms with Crippen LogP contribution in [0.1, 0.15) is 11.4 Å². The average Bonchev–Trinajstić information content (AvgIpc) is 2.84. The first kappa shape index (κ1) is 13.9. The third kappa shape index (κ3) is 2.35. The smallest absolute Gasteiger partial charge is 0.295 e. The van der Waals surface area contributed by atoms with Crippen LogP contribution in [0.25, 0.3) is 16.7 Å². The number of para-hydroxylation sites is 1. The summed E-state index contributed by atoms with van der Waals surface area (Å²) in [7, 11) is 0. The van der Waals surface area contributed by atoms with Gasteiger partial charge in [-0.2, -0.15) is 13.2 Å². The lowest BCUT2D eigenvalue weighted by atomic mass is 10.1. The molecule has 0 aliphatic rings. The number of imidazole rings is 1. The van der Waals surface area contributed by atoms with Crippen LogP contribution in [0.2, 0.25) is 0 Å². The Hall–Kier alpha value is -2.08. The average molecular weight is 312 g/mol. The number of pyridine rings is 1. The summed E-state index contributed by atoms with van der Waals surface area (Å²) in [6.07, 6.45) is -1.45. The van der Waals surface area contributed by atoms with Crippen LogP contribution in [0, 0.1) is 0 Å². The Morgan fingerprint density at radius 3 is 2.62 bits per heavy atom. The highest BCUT2D eigenvalue weighted by Gasteiger charge is 2.34. The monoisotopic (exact) mass is 311 g/mol. The first-order valence-corrected chi connectivity index (χ1v) is 6.59. The molecule has 0 bridgehead atoms. The fourth-order valence-corrected chi connectivity index (χ4v) is 2.43. The molecule has 3 aromatic rings. The number of nitrogens with zero attached hydrogens (tertiary/aromatic N) is 3. The van der Waals surface area contributed by atoms with Crippen molar-refractivity contribution in [2.45, 2.75) is 12.1 Å². The van der Waals surface area contributed by atoms with Crippen LogP contribution in [0.3, 0.4) is 0 Å². The van der Waals surface area contributed by atoms with E-state index in [-0.39, 0.29) is 11.6 Å². The van der Waals surface area contributed by atoms with Crippen LogP contribution in [0.4, 0.5) is 13.2 Å². The van der Waals surface area contributed by atoms with Gasteiger partial charge in [0, 0.05) is 6.20 Å². The number of benzene rings is 1. The summed E-state index contributed by atoms with van der Waals surface area (Å²) < 4.78 is 41.0. The molecule has 0 aliphatic heterocycles. The van der Waals surface area contributed by atoms with Gasteiger partial charge in [0.2, 0.25) is 0 Å². The topological polar surface area (TPSA) is 30.7 Å². The molecule has 1 aromatic carbocycles. The minimum Gasteiger partial charge on any atom is -0.295 e. The minimum absolute atomic E-state index is 0.000865. The van der Waals surface area contributed by atoms with Gasteiger partial charge in [-0.3, -0.25) is 9.55 Å². The van der Waals surface area contributed by atoms with Gasteiger partial charge in [0.15, 0.2) is 0 Å². The van der Waals surface area contributed by atoms with Crippen LogP contribution >= 0.6 is 11.6 Å². The van der Waals surface area contributed by atoms with Gasteiger partial charge >= 0.3 is 6.18 Å². The van der Waals surface area contributed by atoms with E-state index in [1.165, 1.54) is 29.1 Å². The van der Waals surface area contributed by atoms with Crippen molar-refractivity contribution < 1.29 is 13.2 Å². The lowest BCUT2D eigenvalue weighted by Gasteiger charge is -2.15. The van der Waals surface area contributed by atoms with Crippen LogP contribution in [-0.2, 0) is 12.1 Å². The molecule has 3 nitrogen and oxygen atoms in total. The van der Waals surface area contributed by atoms with E-state index < -0.39 is 11.7 Å². The summed E-state index contributed by atoms with van der Waals surface area (Å²) in [4.78, 5) is 8.16. The van der Waals surface area contributed by atoms with E-state index in [0.717, 1.165) is 6.07 Å². The molecule has 0 atom stereocenters. The normalized spacial score (nSPS) is 12.0. The van der Waals surface area contributed by atoms with Crippen molar-refractivity contribution in [1.29, 1.82) is 0 Å². The molecule has 0 saturated heterocycles. The molecule has 0 fully saturated rings. The number of aromatic nitrogens is 3. The maximum Gasteiger partial charge on any atom is 0.418 e. The lowest BCUT2D eigenvalue weighted by molar-refractivity contribution is -0.137. The minimum atomic E-state index is -4.45. The van der Waals surface area contributed by atoms with Gasteiger partial charge in [-0.05, 0) is 18.2 Å². The van der Waals surface area contributed by atoms with Gasteiger partial charge in [-0.25, -0.2) is 4.98 Å². The Kier molecular flexibility index (Phi) is 3.33. The second-order valence-electron chi connectivity index (χ2n) is 4.38. The highest BCUT2D eigenvalue weighted by atomic mass is 35.5. The largest absolute Gasteiger partial charge is 0.418 e. The van der Waals surface area contributed by atoms with Gasteiger partial charge in [0.05, 0.1) is 28.8 Å². The Bertz CT molecular complexity index is 796. The zero-order valence-electron chi connectivity index (χ0n) is 10.6. The summed E-state index contributed by atoms with van der Waals surface area (Å²) in [5, 5.41) is 0. The van der Waals surface area contributed by atoms with E-state index in [1.54, 1.807) is 12.1 Å². The summed E-state index contributed by atoms with van der Waals surface area (Å²) in [6.45, 7) is 0. The first-order chi connectivity index (χ1) is 10.0. The van der Waals surface area contributed by atoms with E-state index in [1.807, 2.05) is 0 Å². The highest BCUT2D eigenvalue weighted by Crippen LogP contribution is 2.35. The molecule has 21 heavy (non-hydrogen) atoms. The van der Waals surface area contributed by atoms with Crippen LogP contribution in [-0.4, -0.2) is 14.5 Å². The molecule has 7 heteroatoms. The summed E-state index contributed by atoms with van der Waals surface area (Å²) in [6, 6.07) is 6.97. The van der Waals surface area contributed by atoms with Crippen molar-refractivity contribution >= 4 is 22.6 Å². The zero-order valence-corrected chi connectivity index (χ0v) is 11.4. The van der Waals surface area contributed by atoms with Gasteiger partial charge in [0.1, 0.15) is 11.3 Å². The second kappa shape index (κ2) is 5.04. The van der Waals surface area contributed by atoms with Crippen molar-refractivity contribution in [3.63, 3.8) is 0 Å². The Balaban J connectivity index is 2.36. The number of halogens is 4. The Morgan fingerprint density at radius 1 is 1.14 bits per heavy atom. The molecule has 108 valence electrons. The first-order valence-electron chi connectivity index (χ1n) is 6.06. The van der Waals surface area contributed by atoms with Gasteiger partial charge < -0.3 is 0 Å². The third-order valence-corrected chi connectivity index (χ3v) is 3.34. The number of rotatable bonds is 2. The molecule has 0 amide bonds. The standard InChI is InChI=1S/C14H9ClF3N3/c15-7-13-20-10-8-19-6-5-12(10)21(13)11-4-2-1-3-9(11)14(16,17)18/h1-6,8H,7H2. The number of hydrogen-bond acceptors (Lipinski definition) is 2. The quantitative estimate of drug-likeness (QED) is 0.665. The molecule has 0 unspecified atom stereocenters. The molecule has 3 rings (SSSR count). The highest BCUT2D eigenvalue weighted by molar-refractivity contribution is 6.17. The van der Waals surface area contributed by atoms with Crippen molar-refractivity contribution in [3.05, 3.63) is 54.1 Å². The number of hydrogen-bond donors (Lipinski definition) is 0. The molecule has 2 aromatic heterocycles. The zero-order chi connectivity index (χ0) is 15.0. The van der Waals surface area contributed by atoms with Crippen LogP contribution in [0.15, 0.2) is 42.7 Å². The maximum absolute atomic E-state index is 13.2. The SMILES string of the molecule is FC(F)(F)c1ccccc1-n1c(CCl)nc2cnccc21. The van der Waals surface area contributed by atoms with E-state index >= 15 is 0 Å². The Labute approximate surface area is 123 Å². The molecule has 0 N–H and O–H groups in total. The third-order valence-electron chi connectivity index (χ3n) is 3.10. The lowest BCUT2D eigenvalue weighted by Crippen LogP contribution is -2.11. The van der Waals surface area contributed by atoms with Crippen molar-refractivity contribution in [2.24, 2.45) is 0 Å². The second-order valence-corrected chi connectivity index (χ2v) is 4.64. The molecular formula is C14H9ClF3N3. The summed E-state index contributed by atoms with van der Waals surface area (Å²) in [5.74, 6) is 0.345. The van der Waals surface area contributed by atoms with E-state index in [9.17, 15) is 13.2 Å². The van der Waals surface area contributed by atoms with E-state index in [0.29, 0.717) is 16.9 Å². The van der Waals surface area contributed by atoms with Gasteiger partial charge in [0.25, 0.3) is 0 Å².